The van der Waals surface area contributed by atoms with Crippen molar-refractivity contribution in [2.24, 2.45) is 10.9 Å². The molecule has 1 aromatic heterocycles. The lowest BCUT2D eigenvalue weighted by molar-refractivity contribution is 0.374. The monoisotopic (exact) mass is 306 g/mol. The maximum atomic E-state index is 5.26. The van der Waals surface area contributed by atoms with Gasteiger partial charge >= 0.3 is 0 Å². The molecule has 1 fully saturated rings. The molecule has 5 heteroatoms. The average Bonchev–Trinajstić information content (AvgIpc) is 3.21. The van der Waals surface area contributed by atoms with Gasteiger partial charge in [0.2, 0.25) is 0 Å². The van der Waals surface area contributed by atoms with Gasteiger partial charge in [0.15, 0.2) is 11.7 Å². The highest BCUT2D eigenvalue weighted by molar-refractivity contribution is 5.79. The number of aromatic nitrogens is 1. The van der Waals surface area contributed by atoms with Gasteiger partial charge in [0.05, 0.1) is 12.2 Å². The average molecular weight is 306 g/mol. The van der Waals surface area contributed by atoms with E-state index in [1.165, 1.54) is 44.9 Å². The van der Waals surface area contributed by atoms with E-state index in [4.69, 9.17) is 4.52 Å². The molecule has 0 atom stereocenters. The molecule has 2 rings (SSSR count). The van der Waals surface area contributed by atoms with E-state index in [1.807, 2.05) is 6.07 Å². The fraction of sp³-hybridized carbons (Fsp3) is 0.765. The number of aryl methyl sites for hydroxylation is 1. The summed E-state index contributed by atoms with van der Waals surface area (Å²) in [5.41, 5.74) is 0.992. The Kier molecular flexibility index (Phi) is 7.26. The highest BCUT2D eigenvalue weighted by Crippen LogP contribution is 2.28. The van der Waals surface area contributed by atoms with E-state index in [9.17, 15) is 0 Å². The summed E-state index contributed by atoms with van der Waals surface area (Å²) in [4.78, 5) is 4.24. The van der Waals surface area contributed by atoms with E-state index in [0.29, 0.717) is 6.54 Å². The van der Waals surface area contributed by atoms with Crippen molar-refractivity contribution in [2.45, 2.75) is 64.8 Å². The second-order valence-corrected chi connectivity index (χ2v) is 6.14. The van der Waals surface area contributed by atoms with Crippen molar-refractivity contribution in [3.8, 4) is 0 Å². The third-order valence-corrected chi connectivity index (χ3v) is 4.43. The van der Waals surface area contributed by atoms with Gasteiger partial charge in [0, 0.05) is 19.7 Å². The van der Waals surface area contributed by atoms with Crippen LogP contribution in [0.3, 0.4) is 0 Å². The highest BCUT2D eigenvalue weighted by Gasteiger charge is 2.13. The lowest BCUT2D eigenvalue weighted by Crippen LogP contribution is -2.37. The molecule has 5 nitrogen and oxygen atoms in total. The Balaban J connectivity index is 1.56. The Morgan fingerprint density at radius 1 is 1.32 bits per heavy atom. The normalized spacial score (nSPS) is 16.2. The number of unbranched alkanes of at least 4 members (excludes halogenated alkanes) is 1. The Morgan fingerprint density at radius 3 is 2.82 bits per heavy atom. The zero-order chi connectivity index (χ0) is 15.6. The number of guanidine groups is 1. The Hall–Kier alpha value is -1.52. The molecule has 0 unspecified atom stereocenters. The first-order valence-electron chi connectivity index (χ1n) is 8.70. The van der Waals surface area contributed by atoms with Crippen molar-refractivity contribution in [2.75, 3.05) is 13.6 Å². The standard InChI is InChI=1S/C17H30N4O/c1-3-15-12-16(22-21-15)13-20-17(18-2)19-11-7-6-10-14-8-4-5-9-14/h12,14H,3-11,13H2,1-2H3,(H2,18,19,20). The number of nitrogens with one attached hydrogen (secondary N) is 2. The quantitative estimate of drug-likeness (QED) is 0.439. The minimum atomic E-state index is 0.620. The maximum Gasteiger partial charge on any atom is 0.191 e. The lowest BCUT2D eigenvalue weighted by Gasteiger charge is -2.11. The fourth-order valence-corrected chi connectivity index (χ4v) is 3.06. The largest absolute Gasteiger partial charge is 0.359 e. The van der Waals surface area contributed by atoms with Gasteiger partial charge in [-0.25, -0.2) is 0 Å². The number of hydrogen-bond acceptors (Lipinski definition) is 3. The molecule has 0 saturated heterocycles. The van der Waals surface area contributed by atoms with E-state index in [-0.39, 0.29) is 0 Å². The summed E-state index contributed by atoms with van der Waals surface area (Å²) in [6, 6.07) is 1.99. The van der Waals surface area contributed by atoms with Crippen LogP contribution in [0.4, 0.5) is 0 Å². The van der Waals surface area contributed by atoms with Crippen LogP contribution in [0.2, 0.25) is 0 Å². The summed E-state index contributed by atoms with van der Waals surface area (Å²) in [5, 5.41) is 10.6. The van der Waals surface area contributed by atoms with Crippen LogP contribution in [0.1, 0.15) is 63.3 Å². The summed E-state index contributed by atoms with van der Waals surface area (Å²) in [6.45, 7) is 3.67. The Labute approximate surface area is 133 Å². The number of nitrogens with zero attached hydrogens (tertiary/aromatic N) is 2. The van der Waals surface area contributed by atoms with Crippen molar-refractivity contribution >= 4 is 5.96 Å². The van der Waals surface area contributed by atoms with Crippen molar-refractivity contribution in [3.05, 3.63) is 17.5 Å². The lowest BCUT2D eigenvalue weighted by atomic mass is 10.0. The second-order valence-electron chi connectivity index (χ2n) is 6.14. The van der Waals surface area contributed by atoms with Gasteiger partial charge in [-0.05, 0) is 18.8 Å². The molecule has 0 spiro atoms. The van der Waals surface area contributed by atoms with Crippen molar-refractivity contribution in [1.82, 2.24) is 15.8 Å². The van der Waals surface area contributed by atoms with Gasteiger partial charge in [-0.2, -0.15) is 0 Å². The van der Waals surface area contributed by atoms with E-state index in [0.717, 1.165) is 36.3 Å². The van der Waals surface area contributed by atoms with Gasteiger partial charge < -0.3 is 15.2 Å². The molecule has 0 bridgehead atoms. The highest BCUT2D eigenvalue weighted by atomic mass is 16.5. The molecule has 0 aliphatic heterocycles. The van der Waals surface area contributed by atoms with Crippen LogP contribution in [0.15, 0.2) is 15.6 Å². The topological polar surface area (TPSA) is 62.5 Å². The van der Waals surface area contributed by atoms with Crippen LogP contribution in [-0.4, -0.2) is 24.7 Å². The van der Waals surface area contributed by atoms with Crippen molar-refractivity contribution in [3.63, 3.8) is 0 Å². The molecule has 1 aliphatic carbocycles. The smallest absolute Gasteiger partial charge is 0.191 e. The van der Waals surface area contributed by atoms with Gasteiger partial charge in [-0.15, -0.1) is 0 Å². The summed E-state index contributed by atoms with van der Waals surface area (Å²) in [7, 11) is 1.80. The molecule has 2 N–H and O–H groups in total. The molecule has 124 valence electrons. The summed E-state index contributed by atoms with van der Waals surface area (Å²) >= 11 is 0. The Bertz CT molecular complexity index is 449. The summed E-state index contributed by atoms with van der Waals surface area (Å²) in [6.07, 6.45) is 10.6. The molecule has 22 heavy (non-hydrogen) atoms. The van der Waals surface area contributed by atoms with Crippen LogP contribution >= 0.6 is 0 Å². The third-order valence-electron chi connectivity index (χ3n) is 4.43. The number of rotatable bonds is 8. The molecule has 1 heterocycles. The minimum absolute atomic E-state index is 0.620. The van der Waals surface area contributed by atoms with E-state index in [1.54, 1.807) is 7.05 Å². The first kappa shape index (κ1) is 16.8. The van der Waals surface area contributed by atoms with Gasteiger partial charge in [0.1, 0.15) is 0 Å². The van der Waals surface area contributed by atoms with Crippen LogP contribution in [0, 0.1) is 5.92 Å². The number of hydrogen-bond donors (Lipinski definition) is 2. The number of aliphatic imine (C=N–C) groups is 1. The molecule has 1 aliphatic rings. The molecular weight excluding hydrogens is 276 g/mol. The van der Waals surface area contributed by atoms with Crippen LogP contribution in [0.5, 0.6) is 0 Å². The zero-order valence-corrected chi connectivity index (χ0v) is 14.0. The van der Waals surface area contributed by atoms with Gasteiger partial charge in [-0.1, -0.05) is 50.6 Å². The molecule has 1 aromatic rings. The Morgan fingerprint density at radius 2 is 2.14 bits per heavy atom. The first-order valence-corrected chi connectivity index (χ1v) is 8.70. The van der Waals surface area contributed by atoms with E-state index in [2.05, 4.69) is 27.7 Å². The molecule has 1 saturated carbocycles. The molecule has 0 radical (unpaired) electrons. The van der Waals surface area contributed by atoms with Gasteiger partial charge in [-0.3, -0.25) is 4.99 Å². The first-order chi connectivity index (χ1) is 10.8. The second kappa shape index (κ2) is 9.49. The van der Waals surface area contributed by atoms with Crippen LogP contribution < -0.4 is 10.6 Å². The molecular formula is C17H30N4O. The van der Waals surface area contributed by atoms with Gasteiger partial charge in [0.25, 0.3) is 0 Å². The minimum Gasteiger partial charge on any atom is -0.359 e. The summed E-state index contributed by atoms with van der Waals surface area (Å²) < 4.78 is 5.26. The van der Waals surface area contributed by atoms with E-state index < -0.39 is 0 Å². The van der Waals surface area contributed by atoms with Crippen LogP contribution in [0.25, 0.3) is 0 Å². The summed E-state index contributed by atoms with van der Waals surface area (Å²) in [5.74, 6) is 2.67. The van der Waals surface area contributed by atoms with E-state index >= 15 is 0 Å². The predicted molar refractivity (Wildman–Crippen MR) is 89.9 cm³/mol. The SMILES string of the molecule is CCc1cc(CNC(=NC)NCCCCC2CCCC2)on1. The fourth-order valence-electron chi connectivity index (χ4n) is 3.06. The van der Waals surface area contributed by atoms with Crippen molar-refractivity contribution < 1.29 is 4.52 Å². The van der Waals surface area contributed by atoms with Crippen LogP contribution in [-0.2, 0) is 13.0 Å². The third kappa shape index (κ3) is 5.70. The molecule has 0 aromatic carbocycles. The zero-order valence-electron chi connectivity index (χ0n) is 14.0. The van der Waals surface area contributed by atoms with Crippen molar-refractivity contribution in [1.29, 1.82) is 0 Å². The maximum absolute atomic E-state index is 5.26. The predicted octanol–water partition coefficient (Wildman–Crippen LogP) is 3.26. The molecule has 0 amide bonds.